The van der Waals surface area contributed by atoms with E-state index < -0.39 is 0 Å². The maximum Gasteiger partial charge on any atom is 0.168 e. The minimum atomic E-state index is -0.374. The predicted octanol–water partition coefficient (Wildman–Crippen LogP) is 0.629. The zero-order chi connectivity index (χ0) is 9.84. The first kappa shape index (κ1) is 9.54. The summed E-state index contributed by atoms with van der Waals surface area (Å²) < 4.78 is 0. The molecule has 13 heavy (non-hydrogen) atoms. The van der Waals surface area contributed by atoms with Gasteiger partial charge in [0.25, 0.3) is 0 Å². The summed E-state index contributed by atoms with van der Waals surface area (Å²) in [5.41, 5.74) is 5.31. The Morgan fingerprint density at radius 3 is 2.69 bits per heavy atom. The van der Waals surface area contributed by atoms with E-state index in [0.717, 1.165) is 0 Å². The summed E-state index contributed by atoms with van der Waals surface area (Å²) in [6.45, 7) is 0.230. The molecule has 0 unspecified atom stereocenters. The summed E-state index contributed by atoms with van der Waals surface area (Å²) in [5.74, 6) is -0.931. The number of phenolic OH excluding ortho intramolecular Hbond substituents is 2. The van der Waals surface area contributed by atoms with E-state index in [1.165, 1.54) is 18.2 Å². The average Bonchev–Trinajstić information content (AvgIpc) is 2.10. The molecule has 1 aromatic rings. The van der Waals surface area contributed by atoms with E-state index in [1.54, 1.807) is 0 Å². The van der Waals surface area contributed by atoms with Gasteiger partial charge in [0.2, 0.25) is 0 Å². The third-order valence-electron chi connectivity index (χ3n) is 1.69. The minimum Gasteiger partial charge on any atom is -0.504 e. The van der Waals surface area contributed by atoms with Gasteiger partial charge in [0.15, 0.2) is 17.3 Å². The molecular formula is C9H11NO3. The van der Waals surface area contributed by atoms with Crippen LogP contribution in [0.1, 0.15) is 16.8 Å². The van der Waals surface area contributed by atoms with Crippen molar-refractivity contribution in [1.29, 1.82) is 0 Å². The molecule has 0 spiro atoms. The van der Waals surface area contributed by atoms with Gasteiger partial charge in [-0.3, -0.25) is 4.79 Å². The molecule has 0 aliphatic rings. The van der Waals surface area contributed by atoms with Gasteiger partial charge in [-0.15, -0.1) is 0 Å². The molecule has 0 radical (unpaired) electrons. The Morgan fingerprint density at radius 2 is 2.08 bits per heavy atom. The van der Waals surface area contributed by atoms with E-state index in [1.807, 2.05) is 0 Å². The van der Waals surface area contributed by atoms with Gasteiger partial charge in [-0.25, -0.2) is 0 Å². The number of benzene rings is 1. The molecule has 0 saturated carbocycles. The summed E-state index contributed by atoms with van der Waals surface area (Å²) in [5, 5.41) is 18.4. The summed E-state index contributed by atoms with van der Waals surface area (Å²) in [6.07, 6.45) is 0.164. The van der Waals surface area contributed by atoms with Crippen molar-refractivity contribution in [3.8, 4) is 11.5 Å². The second kappa shape index (κ2) is 3.91. The lowest BCUT2D eigenvalue weighted by Crippen LogP contribution is -2.08. The van der Waals surface area contributed by atoms with Crippen molar-refractivity contribution in [2.24, 2.45) is 5.73 Å². The number of nitrogens with two attached hydrogens (primary N) is 1. The fourth-order valence-electron chi connectivity index (χ4n) is 1.02. The first-order chi connectivity index (χ1) is 6.16. The smallest absolute Gasteiger partial charge is 0.168 e. The van der Waals surface area contributed by atoms with E-state index in [0.29, 0.717) is 0 Å². The van der Waals surface area contributed by atoms with Gasteiger partial charge in [-0.1, -0.05) is 6.07 Å². The van der Waals surface area contributed by atoms with Crippen LogP contribution in [0.5, 0.6) is 11.5 Å². The lowest BCUT2D eigenvalue weighted by molar-refractivity contribution is 0.0982. The van der Waals surface area contributed by atoms with E-state index in [9.17, 15) is 9.90 Å². The van der Waals surface area contributed by atoms with Crippen molar-refractivity contribution in [2.75, 3.05) is 6.54 Å². The van der Waals surface area contributed by atoms with Crippen LogP contribution in [-0.2, 0) is 0 Å². The zero-order valence-electron chi connectivity index (χ0n) is 7.03. The number of phenols is 2. The van der Waals surface area contributed by atoms with Crippen molar-refractivity contribution in [3.05, 3.63) is 23.8 Å². The molecule has 0 atom stereocenters. The highest BCUT2D eigenvalue weighted by Gasteiger charge is 2.12. The first-order valence-electron chi connectivity index (χ1n) is 3.91. The molecule has 0 fully saturated rings. The molecule has 0 aliphatic heterocycles. The molecule has 0 aromatic heterocycles. The molecule has 4 N–H and O–H groups in total. The van der Waals surface area contributed by atoms with E-state index in [4.69, 9.17) is 10.8 Å². The third-order valence-corrected chi connectivity index (χ3v) is 1.69. The maximum atomic E-state index is 11.3. The highest BCUT2D eigenvalue weighted by Crippen LogP contribution is 2.28. The SMILES string of the molecule is NCCC(=O)c1cccc(O)c1O. The van der Waals surface area contributed by atoms with E-state index in [-0.39, 0.29) is 35.8 Å². The first-order valence-corrected chi connectivity index (χ1v) is 3.91. The number of carbonyl (C=O) groups is 1. The van der Waals surface area contributed by atoms with Crippen LogP contribution in [0.25, 0.3) is 0 Å². The van der Waals surface area contributed by atoms with Crippen LogP contribution >= 0.6 is 0 Å². The summed E-state index contributed by atoms with van der Waals surface area (Å²) in [6, 6.07) is 4.26. The molecule has 4 heteroatoms. The van der Waals surface area contributed by atoms with Crippen LogP contribution in [0.4, 0.5) is 0 Å². The zero-order valence-corrected chi connectivity index (χ0v) is 7.03. The van der Waals surface area contributed by atoms with Gasteiger partial charge in [0.1, 0.15) is 0 Å². The number of rotatable bonds is 3. The Kier molecular flexibility index (Phi) is 2.87. The van der Waals surface area contributed by atoms with Crippen LogP contribution < -0.4 is 5.73 Å². The Bertz CT molecular complexity index is 323. The maximum absolute atomic E-state index is 11.3. The molecule has 0 heterocycles. The van der Waals surface area contributed by atoms with Crippen molar-refractivity contribution in [1.82, 2.24) is 0 Å². The largest absolute Gasteiger partial charge is 0.504 e. The molecule has 1 rings (SSSR count). The third kappa shape index (κ3) is 1.97. The van der Waals surface area contributed by atoms with Gasteiger partial charge in [0.05, 0.1) is 5.56 Å². The van der Waals surface area contributed by atoms with Crippen LogP contribution in [0.15, 0.2) is 18.2 Å². The normalized spacial score (nSPS) is 9.92. The summed E-state index contributed by atoms with van der Waals surface area (Å²) in [4.78, 5) is 11.3. The Hall–Kier alpha value is -1.55. The Balaban J connectivity index is 3.01. The standard InChI is InChI=1S/C9H11NO3/c10-5-4-7(11)6-2-1-3-8(12)9(6)13/h1-3,12-13H,4-5,10H2. The molecule has 0 saturated heterocycles. The fourth-order valence-corrected chi connectivity index (χ4v) is 1.02. The van der Waals surface area contributed by atoms with E-state index >= 15 is 0 Å². The molecule has 0 amide bonds. The monoisotopic (exact) mass is 181 g/mol. The Labute approximate surface area is 75.6 Å². The minimum absolute atomic E-state index is 0.116. The van der Waals surface area contributed by atoms with Crippen LogP contribution in [0, 0.1) is 0 Å². The number of para-hydroxylation sites is 1. The highest BCUT2D eigenvalue weighted by atomic mass is 16.3. The molecule has 4 nitrogen and oxygen atoms in total. The number of carbonyl (C=O) groups excluding carboxylic acids is 1. The van der Waals surface area contributed by atoms with Crippen molar-refractivity contribution in [3.63, 3.8) is 0 Å². The molecule has 70 valence electrons. The van der Waals surface area contributed by atoms with Gasteiger partial charge < -0.3 is 15.9 Å². The lowest BCUT2D eigenvalue weighted by Gasteiger charge is -2.03. The van der Waals surface area contributed by atoms with Gasteiger partial charge >= 0.3 is 0 Å². The highest BCUT2D eigenvalue weighted by molar-refractivity contribution is 5.99. The fraction of sp³-hybridized carbons (Fsp3) is 0.222. The number of Topliss-reactive ketones (excluding diaryl/α,β-unsaturated/α-hetero) is 1. The second-order valence-corrected chi connectivity index (χ2v) is 2.64. The van der Waals surface area contributed by atoms with Crippen molar-refractivity contribution in [2.45, 2.75) is 6.42 Å². The number of hydrogen-bond donors (Lipinski definition) is 3. The quantitative estimate of drug-likeness (QED) is 0.471. The number of ketones is 1. The molecule has 0 bridgehead atoms. The Morgan fingerprint density at radius 1 is 1.38 bits per heavy atom. The lowest BCUT2D eigenvalue weighted by atomic mass is 10.1. The summed E-state index contributed by atoms with van der Waals surface area (Å²) >= 11 is 0. The van der Waals surface area contributed by atoms with Crippen LogP contribution in [0.3, 0.4) is 0 Å². The predicted molar refractivity (Wildman–Crippen MR) is 47.8 cm³/mol. The average molecular weight is 181 g/mol. The molecule has 1 aromatic carbocycles. The number of aromatic hydroxyl groups is 2. The van der Waals surface area contributed by atoms with Crippen molar-refractivity contribution < 1.29 is 15.0 Å². The van der Waals surface area contributed by atoms with Crippen LogP contribution in [0.2, 0.25) is 0 Å². The van der Waals surface area contributed by atoms with Gasteiger partial charge in [-0.2, -0.15) is 0 Å². The molecular weight excluding hydrogens is 170 g/mol. The molecule has 0 aliphatic carbocycles. The topological polar surface area (TPSA) is 83.6 Å². The summed E-state index contributed by atoms with van der Waals surface area (Å²) in [7, 11) is 0. The second-order valence-electron chi connectivity index (χ2n) is 2.64. The number of hydrogen-bond acceptors (Lipinski definition) is 4. The van der Waals surface area contributed by atoms with Gasteiger partial charge in [-0.05, 0) is 18.7 Å². The van der Waals surface area contributed by atoms with E-state index in [2.05, 4.69) is 0 Å². The van der Waals surface area contributed by atoms with Crippen molar-refractivity contribution >= 4 is 5.78 Å². The van der Waals surface area contributed by atoms with Gasteiger partial charge in [0, 0.05) is 6.42 Å². The van der Waals surface area contributed by atoms with Crippen LogP contribution in [-0.4, -0.2) is 22.5 Å².